The van der Waals surface area contributed by atoms with Crippen LogP contribution in [0.3, 0.4) is 0 Å². The second-order valence-corrected chi connectivity index (χ2v) is 3.56. The summed E-state index contributed by atoms with van der Waals surface area (Å²) in [7, 11) is 0. The molecule has 0 saturated carbocycles. The molecule has 1 rings (SSSR count). The highest BCUT2D eigenvalue weighted by atomic mass is 15.7. The van der Waals surface area contributed by atoms with Crippen molar-refractivity contribution in [2.75, 3.05) is 0 Å². The van der Waals surface area contributed by atoms with Gasteiger partial charge in [0.25, 0.3) is 0 Å². The first-order valence-corrected chi connectivity index (χ1v) is 4.20. The zero-order chi connectivity index (χ0) is 8.43. The zero-order valence-electron chi connectivity index (χ0n) is 7.76. The maximum absolute atomic E-state index is 3.20. The quantitative estimate of drug-likeness (QED) is 0.559. The minimum Gasteiger partial charge on any atom is -0.264 e. The van der Waals surface area contributed by atoms with E-state index in [1.54, 1.807) is 0 Å². The van der Waals surface area contributed by atoms with Gasteiger partial charge in [0.1, 0.15) is 5.70 Å². The Balaban J connectivity index is 2.54. The predicted octanol–water partition coefficient (Wildman–Crippen LogP) is 0.191. The number of hydrazine groups is 1. The van der Waals surface area contributed by atoms with E-state index >= 15 is 0 Å². The Hall–Kier alpha value is -0.540. The highest BCUT2D eigenvalue weighted by Gasteiger charge is 2.19. The lowest BCUT2D eigenvalue weighted by atomic mass is 10.1. The van der Waals surface area contributed by atoms with Crippen molar-refractivity contribution in [2.45, 2.75) is 33.7 Å². The van der Waals surface area contributed by atoms with Crippen LogP contribution in [-0.2, 0) is 0 Å². The molecule has 0 amide bonds. The van der Waals surface area contributed by atoms with Crippen molar-refractivity contribution in [2.24, 2.45) is 5.92 Å². The van der Waals surface area contributed by atoms with Crippen LogP contribution in [0, 0.1) is 5.92 Å². The summed E-state index contributed by atoms with van der Waals surface area (Å²) in [6, 6.07) is 0.530. The Labute approximate surface area is 68.4 Å². The van der Waals surface area contributed by atoms with Gasteiger partial charge in [-0.1, -0.05) is 19.4 Å². The number of hydrogen-bond donors (Lipinski definition) is 2. The smallest absolute Gasteiger partial charge is 0.146 e. The molecule has 3 heteroatoms. The number of allylic oxidation sites excluding steroid dienone is 1. The molecular formula is C8H18N3+. The molecular weight excluding hydrogens is 138 g/mol. The Morgan fingerprint density at radius 1 is 1.36 bits per heavy atom. The van der Waals surface area contributed by atoms with E-state index in [-0.39, 0.29) is 0 Å². The average Bonchev–Trinajstić information content (AvgIpc) is 2.33. The molecule has 0 radical (unpaired) electrons. The molecule has 1 heterocycles. The molecule has 0 aliphatic carbocycles. The van der Waals surface area contributed by atoms with E-state index in [4.69, 9.17) is 0 Å². The molecule has 0 bridgehead atoms. The van der Waals surface area contributed by atoms with E-state index < -0.39 is 0 Å². The topological polar surface area (TPSA) is 31.9 Å². The van der Waals surface area contributed by atoms with Crippen LogP contribution >= 0.6 is 0 Å². The first-order valence-electron chi connectivity index (χ1n) is 4.20. The fourth-order valence-corrected chi connectivity index (χ4v) is 0.998. The van der Waals surface area contributed by atoms with Crippen molar-refractivity contribution in [1.82, 2.24) is 10.5 Å². The van der Waals surface area contributed by atoms with E-state index in [0.29, 0.717) is 12.0 Å². The Morgan fingerprint density at radius 3 is 2.27 bits per heavy atom. The maximum Gasteiger partial charge on any atom is 0.146 e. The molecule has 0 aromatic heterocycles. The molecule has 0 aromatic rings. The third kappa shape index (κ3) is 1.94. The number of quaternary nitrogens is 1. The minimum atomic E-state index is 0.530. The van der Waals surface area contributed by atoms with Crippen LogP contribution in [0.15, 0.2) is 11.9 Å². The number of rotatable bonds is 2. The van der Waals surface area contributed by atoms with Gasteiger partial charge in [0.2, 0.25) is 0 Å². The van der Waals surface area contributed by atoms with Gasteiger partial charge < -0.3 is 0 Å². The number of nitrogens with two attached hydrogens (primary N) is 1. The summed E-state index contributed by atoms with van der Waals surface area (Å²) in [5.74, 6) is 0.617. The third-order valence-electron chi connectivity index (χ3n) is 1.89. The van der Waals surface area contributed by atoms with Gasteiger partial charge in [-0.2, -0.15) is 0 Å². The molecule has 64 valence electrons. The summed E-state index contributed by atoms with van der Waals surface area (Å²) in [5.41, 5.74) is 6.65. The summed E-state index contributed by atoms with van der Waals surface area (Å²) < 4.78 is 0. The lowest BCUT2D eigenvalue weighted by Crippen LogP contribution is -2.91. The molecule has 0 saturated heterocycles. The van der Waals surface area contributed by atoms with Crippen molar-refractivity contribution in [1.29, 1.82) is 0 Å². The van der Waals surface area contributed by atoms with Crippen LogP contribution in [0.25, 0.3) is 0 Å². The van der Waals surface area contributed by atoms with E-state index in [1.165, 1.54) is 5.70 Å². The second kappa shape index (κ2) is 3.24. The van der Waals surface area contributed by atoms with Crippen LogP contribution in [0.5, 0.6) is 0 Å². The Bertz CT molecular complexity index is 161. The molecule has 0 aromatic carbocycles. The molecule has 1 aliphatic rings. The maximum atomic E-state index is 3.20. The lowest BCUT2D eigenvalue weighted by Gasteiger charge is -2.15. The number of nitrogens with zero attached hydrogens (tertiary/aromatic N) is 1. The van der Waals surface area contributed by atoms with Crippen LogP contribution in [0.4, 0.5) is 0 Å². The van der Waals surface area contributed by atoms with Crippen molar-refractivity contribution < 1.29 is 5.43 Å². The van der Waals surface area contributed by atoms with Crippen molar-refractivity contribution in [3.8, 4) is 0 Å². The van der Waals surface area contributed by atoms with E-state index in [2.05, 4.69) is 49.9 Å². The van der Waals surface area contributed by atoms with Gasteiger partial charge in [-0.05, 0) is 13.8 Å². The normalized spacial score (nSPS) is 18.4. The van der Waals surface area contributed by atoms with Gasteiger partial charge in [0.05, 0.1) is 6.20 Å². The molecule has 0 fully saturated rings. The fourth-order valence-electron chi connectivity index (χ4n) is 0.998. The van der Waals surface area contributed by atoms with E-state index in [0.717, 1.165) is 0 Å². The summed E-state index contributed by atoms with van der Waals surface area (Å²) in [4.78, 5) is 0. The van der Waals surface area contributed by atoms with E-state index in [9.17, 15) is 0 Å². The fraction of sp³-hybridized carbons (Fsp3) is 0.750. The summed E-state index contributed by atoms with van der Waals surface area (Å²) >= 11 is 0. The largest absolute Gasteiger partial charge is 0.264 e. The highest BCUT2D eigenvalue weighted by molar-refractivity contribution is 4.94. The first-order chi connectivity index (χ1) is 5.11. The molecule has 0 unspecified atom stereocenters. The third-order valence-corrected chi connectivity index (χ3v) is 1.89. The lowest BCUT2D eigenvalue weighted by molar-refractivity contribution is -0.681. The van der Waals surface area contributed by atoms with Gasteiger partial charge in [-0.3, -0.25) is 5.01 Å². The van der Waals surface area contributed by atoms with Crippen molar-refractivity contribution >= 4 is 0 Å². The van der Waals surface area contributed by atoms with Crippen molar-refractivity contribution in [3.05, 3.63) is 11.9 Å². The second-order valence-electron chi connectivity index (χ2n) is 3.56. The van der Waals surface area contributed by atoms with Crippen molar-refractivity contribution in [3.63, 3.8) is 0 Å². The molecule has 3 nitrogen and oxygen atoms in total. The highest BCUT2D eigenvalue weighted by Crippen LogP contribution is 2.06. The van der Waals surface area contributed by atoms with Gasteiger partial charge in [0, 0.05) is 12.0 Å². The molecule has 0 spiro atoms. The number of hydrogen-bond acceptors (Lipinski definition) is 2. The van der Waals surface area contributed by atoms with Gasteiger partial charge in [0.15, 0.2) is 0 Å². The molecule has 1 aliphatic heterocycles. The molecule has 3 N–H and O–H groups in total. The first kappa shape index (κ1) is 8.56. The van der Waals surface area contributed by atoms with Crippen LogP contribution < -0.4 is 11.0 Å². The van der Waals surface area contributed by atoms with Crippen LogP contribution in [0.1, 0.15) is 27.7 Å². The van der Waals surface area contributed by atoms with Crippen LogP contribution in [0.2, 0.25) is 0 Å². The summed E-state index contributed by atoms with van der Waals surface area (Å²) in [5, 5.41) is 2.12. The monoisotopic (exact) mass is 156 g/mol. The summed E-state index contributed by atoms with van der Waals surface area (Å²) in [6.07, 6.45) is 2.18. The number of nitrogens with one attached hydrogen (secondary N) is 1. The van der Waals surface area contributed by atoms with E-state index in [1.807, 2.05) is 0 Å². The Kier molecular flexibility index (Phi) is 2.52. The standard InChI is InChI=1S/C8H17N3/c1-6(2)8-5-11(7(3)4)10-9-8/h5-7,9-10H,1-4H3/p+1. The predicted molar refractivity (Wildman–Crippen MR) is 45.0 cm³/mol. The SMILES string of the molecule is CC(C)C1=CN(C(C)C)N[NH2+]1. The average molecular weight is 156 g/mol. The Morgan fingerprint density at radius 2 is 2.00 bits per heavy atom. The van der Waals surface area contributed by atoms with Gasteiger partial charge in [-0.25, -0.2) is 5.43 Å². The van der Waals surface area contributed by atoms with Gasteiger partial charge >= 0.3 is 0 Å². The summed E-state index contributed by atoms with van der Waals surface area (Å²) in [6.45, 7) is 8.74. The zero-order valence-corrected chi connectivity index (χ0v) is 7.76. The van der Waals surface area contributed by atoms with Gasteiger partial charge in [-0.15, -0.1) is 0 Å². The molecule has 11 heavy (non-hydrogen) atoms. The van der Waals surface area contributed by atoms with Crippen LogP contribution in [-0.4, -0.2) is 11.1 Å². The minimum absolute atomic E-state index is 0.530. The molecule has 0 atom stereocenters.